The number of aryl methyl sites for hydroxylation is 1. The Kier molecular flexibility index (Phi) is 5.25. The molecule has 2 aromatic heterocycles. The van der Waals surface area contributed by atoms with Gasteiger partial charge in [-0.25, -0.2) is 4.98 Å². The van der Waals surface area contributed by atoms with E-state index in [1.165, 1.54) is 0 Å². The summed E-state index contributed by atoms with van der Waals surface area (Å²) in [6.07, 6.45) is 10.6. The van der Waals surface area contributed by atoms with E-state index in [0.29, 0.717) is 36.7 Å². The molecule has 0 spiro atoms. The molecule has 0 aromatic carbocycles. The molecule has 1 fully saturated rings. The Morgan fingerprint density at radius 1 is 1.18 bits per heavy atom. The zero-order valence-corrected chi connectivity index (χ0v) is 16.3. The molecule has 2 aliphatic rings. The van der Waals surface area contributed by atoms with Crippen molar-refractivity contribution in [1.82, 2.24) is 20.0 Å². The SMILES string of the molecule is COc1ccc(C2CC2COc2nc(C)ncc2C2=CN(OC)CC=C2)nc1. The van der Waals surface area contributed by atoms with Gasteiger partial charge in [0.15, 0.2) is 0 Å². The topological polar surface area (TPSA) is 69.6 Å². The Morgan fingerprint density at radius 3 is 2.82 bits per heavy atom. The first-order valence-electron chi connectivity index (χ1n) is 9.33. The van der Waals surface area contributed by atoms with Crippen molar-refractivity contribution < 1.29 is 14.3 Å². The molecule has 1 aliphatic heterocycles. The number of methoxy groups -OCH3 is 1. The Hall–Kier alpha value is -2.93. The van der Waals surface area contributed by atoms with Crippen LogP contribution in [0.5, 0.6) is 11.6 Å². The molecule has 0 amide bonds. The van der Waals surface area contributed by atoms with Crippen molar-refractivity contribution in [2.24, 2.45) is 5.92 Å². The monoisotopic (exact) mass is 380 g/mol. The van der Waals surface area contributed by atoms with Crippen molar-refractivity contribution >= 4 is 5.57 Å². The summed E-state index contributed by atoms with van der Waals surface area (Å²) >= 11 is 0. The van der Waals surface area contributed by atoms with Crippen LogP contribution in [0.15, 0.2) is 42.9 Å². The lowest BCUT2D eigenvalue weighted by molar-refractivity contribution is -0.0783. The van der Waals surface area contributed by atoms with Crippen molar-refractivity contribution in [3.05, 3.63) is 60.0 Å². The van der Waals surface area contributed by atoms with Crippen molar-refractivity contribution in [2.45, 2.75) is 19.3 Å². The molecule has 1 aliphatic carbocycles. The predicted molar refractivity (Wildman–Crippen MR) is 105 cm³/mol. The number of ether oxygens (including phenoxy) is 2. The summed E-state index contributed by atoms with van der Waals surface area (Å²) < 4.78 is 11.3. The molecule has 3 heterocycles. The van der Waals surface area contributed by atoms with Gasteiger partial charge in [0, 0.05) is 35.5 Å². The van der Waals surface area contributed by atoms with Crippen LogP contribution in [0, 0.1) is 12.8 Å². The van der Waals surface area contributed by atoms with Crippen LogP contribution in [0.2, 0.25) is 0 Å². The molecule has 0 saturated heterocycles. The van der Waals surface area contributed by atoms with E-state index in [9.17, 15) is 0 Å². The Bertz CT molecular complexity index is 895. The van der Waals surface area contributed by atoms with E-state index in [0.717, 1.165) is 29.0 Å². The third-order valence-corrected chi connectivity index (χ3v) is 5.02. The summed E-state index contributed by atoms with van der Waals surface area (Å²) in [5, 5.41) is 1.76. The second kappa shape index (κ2) is 7.98. The summed E-state index contributed by atoms with van der Waals surface area (Å²) in [6.45, 7) is 3.18. The fourth-order valence-electron chi connectivity index (χ4n) is 3.29. The normalized spacial score (nSPS) is 20.7. The smallest absolute Gasteiger partial charge is 0.224 e. The van der Waals surface area contributed by atoms with Crippen LogP contribution in [-0.2, 0) is 4.84 Å². The first-order valence-corrected chi connectivity index (χ1v) is 9.33. The third-order valence-electron chi connectivity index (χ3n) is 5.02. The molecule has 4 rings (SSSR count). The predicted octanol–water partition coefficient (Wildman–Crippen LogP) is 3.15. The Balaban J connectivity index is 1.44. The van der Waals surface area contributed by atoms with Gasteiger partial charge in [0.2, 0.25) is 5.88 Å². The van der Waals surface area contributed by atoms with Gasteiger partial charge in [0.05, 0.1) is 39.1 Å². The molecule has 0 bridgehead atoms. The first-order chi connectivity index (χ1) is 13.7. The van der Waals surface area contributed by atoms with E-state index in [-0.39, 0.29) is 0 Å². The largest absolute Gasteiger partial charge is 0.495 e. The maximum absolute atomic E-state index is 6.12. The van der Waals surface area contributed by atoms with Gasteiger partial charge in [0.25, 0.3) is 0 Å². The minimum Gasteiger partial charge on any atom is -0.495 e. The highest BCUT2D eigenvalue weighted by molar-refractivity contribution is 5.76. The van der Waals surface area contributed by atoms with Gasteiger partial charge in [-0.15, -0.1) is 0 Å². The fraction of sp³-hybridized carbons (Fsp3) is 0.381. The van der Waals surface area contributed by atoms with Crippen molar-refractivity contribution in [1.29, 1.82) is 0 Å². The fourth-order valence-corrected chi connectivity index (χ4v) is 3.29. The van der Waals surface area contributed by atoms with E-state index in [1.54, 1.807) is 25.5 Å². The van der Waals surface area contributed by atoms with Crippen molar-refractivity contribution in [3.8, 4) is 11.6 Å². The zero-order valence-electron chi connectivity index (χ0n) is 16.3. The molecular formula is C21H24N4O3. The van der Waals surface area contributed by atoms with Gasteiger partial charge in [-0.05, 0) is 25.5 Å². The van der Waals surface area contributed by atoms with Crippen molar-refractivity contribution in [2.75, 3.05) is 27.4 Å². The minimum absolute atomic E-state index is 0.426. The number of hydrogen-bond acceptors (Lipinski definition) is 7. The molecule has 0 N–H and O–H groups in total. The van der Waals surface area contributed by atoms with Crippen LogP contribution in [0.4, 0.5) is 0 Å². The maximum Gasteiger partial charge on any atom is 0.224 e. The molecule has 7 nitrogen and oxygen atoms in total. The van der Waals surface area contributed by atoms with Crippen molar-refractivity contribution in [3.63, 3.8) is 0 Å². The second-order valence-corrected chi connectivity index (χ2v) is 6.94. The number of nitrogens with zero attached hydrogens (tertiary/aromatic N) is 4. The van der Waals surface area contributed by atoms with Gasteiger partial charge in [0.1, 0.15) is 11.6 Å². The summed E-state index contributed by atoms with van der Waals surface area (Å²) in [6, 6.07) is 3.98. The molecule has 28 heavy (non-hydrogen) atoms. The summed E-state index contributed by atoms with van der Waals surface area (Å²) in [5.41, 5.74) is 2.91. The van der Waals surface area contributed by atoms with Crippen LogP contribution in [0.25, 0.3) is 5.57 Å². The number of allylic oxidation sites excluding steroid dienone is 2. The summed E-state index contributed by atoms with van der Waals surface area (Å²) in [4.78, 5) is 18.7. The van der Waals surface area contributed by atoms with Gasteiger partial charge in [-0.1, -0.05) is 12.2 Å². The first kappa shape index (κ1) is 18.4. The molecule has 1 saturated carbocycles. The minimum atomic E-state index is 0.426. The number of rotatable bonds is 7. The van der Waals surface area contributed by atoms with Crippen LogP contribution in [0.1, 0.15) is 29.4 Å². The van der Waals surface area contributed by atoms with E-state index in [1.807, 2.05) is 43.6 Å². The summed E-state index contributed by atoms with van der Waals surface area (Å²) in [5.74, 6) is 2.93. The molecule has 2 aromatic rings. The highest BCUT2D eigenvalue weighted by atomic mass is 16.7. The standard InChI is InChI=1S/C21H24N4O3/c1-14-22-11-19(15-5-4-8-25(12-15)27-3)21(24-14)28-13-16-9-18(16)20-7-6-17(26-2)10-23-20/h4-7,10-12,16,18H,8-9,13H2,1-3H3. The lowest BCUT2D eigenvalue weighted by atomic mass is 10.1. The number of aromatic nitrogens is 3. The van der Waals surface area contributed by atoms with Gasteiger partial charge < -0.3 is 9.47 Å². The van der Waals surface area contributed by atoms with Crippen LogP contribution in [0.3, 0.4) is 0 Å². The van der Waals surface area contributed by atoms with Crippen LogP contribution < -0.4 is 9.47 Å². The zero-order chi connectivity index (χ0) is 19.5. The van der Waals surface area contributed by atoms with E-state index < -0.39 is 0 Å². The molecule has 2 atom stereocenters. The molecule has 7 heteroatoms. The van der Waals surface area contributed by atoms with Gasteiger partial charge in [-0.2, -0.15) is 4.98 Å². The van der Waals surface area contributed by atoms with E-state index in [4.69, 9.17) is 14.3 Å². The number of pyridine rings is 1. The number of hydrogen-bond donors (Lipinski definition) is 0. The molecule has 2 unspecified atom stereocenters. The molecule has 146 valence electrons. The van der Waals surface area contributed by atoms with Crippen LogP contribution in [-0.4, -0.2) is 47.4 Å². The summed E-state index contributed by atoms with van der Waals surface area (Å²) in [7, 11) is 3.30. The van der Waals surface area contributed by atoms with E-state index in [2.05, 4.69) is 15.0 Å². The second-order valence-electron chi connectivity index (χ2n) is 6.94. The molecular weight excluding hydrogens is 356 g/mol. The Labute approximate surface area is 164 Å². The highest BCUT2D eigenvalue weighted by Gasteiger charge is 2.40. The average molecular weight is 380 g/mol. The quantitative estimate of drug-likeness (QED) is 0.731. The molecule has 0 radical (unpaired) electrons. The maximum atomic E-state index is 6.12. The third kappa shape index (κ3) is 3.99. The van der Waals surface area contributed by atoms with E-state index >= 15 is 0 Å². The highest BCUT2D eigenvalue weighted by Crippen LogP contribution is 2.47. The van der Waals surface area contributed by atoms with Crippen LogP contribution >= 0.6 is 0 Å². The lowest BCUT2D eigenvalue weighted by Crippen LogP contribution is -2.18. The van der Waals surface area contributed by atoms with Gasteiger partial charge >= 0.3 is 0 Å². The van der Waals surface area contributed by atoms with Gasteiger partial charge in [-0.3, -0.25) is 14.9 Å². The number of hydroxylamine groups is 2. The average Bonchev–Trinajstić information content (AvgIpc) is 3.52. The Morgan fingerprint density at radius 2 is 2.07 bits per heavy atom. The lowest BCUT2D eigenvalue weighted by Gasteiger charge is -2.21.